The molecule has 3 heterocycles. The van der Waals surface area contributed by atoms with Gasteiger partial charge in [0.25, 0.3) is 5.91 Å². The highest BCUT2D eigenvalue weighted by Gasteiger charge is 2.21. The number of aryl methyl sites for hydroxylation is 1. The Balaban J connectivity index is 1.29. The monoisotopic (exact) mass is 364 g/mol. The molecule has 1 saturated heterocycles. The molecule has 140 valence electrons. The molecule has 0 atom stereocenters. The van der Waals surface area contributed by atoms with Crippen molar-refractivity contribution in [1.82, 2.24) is 19.2 Å². The summed E-state index contributed by atoms with van der Waals surface area (Å²) in [5.41, 5.74) is 2.98. The second-order valence-corrected chi connectivity index (χ2v) is 6.92. The number of amides is 1. The lowest BCUT2D eigenvalue weighted by molar-refractivity contribution is -0.135. The first kappa shape index (κ1) is 17.5. The van der Waals surface area contributed by atoms with Crippen LogP contribution in [0.2, 0.25) is 0 Å². The van der Waals surface area contributed by atoms with E-state index >= 15 is 0 Å². The first-order valence-electron chi connectivity index (χ1n) is 9.30. The average molecular weight is 364 g/mol. The van der Waals surface area contributed by atoms with E-state index in [9.17, 15) is 4.79 Å². The number of carbonyl (C=O) groups is 1. The molecule has 1 aliphatic heterocycles. The van der Waals surface area contributed by atoms with Gasteiger partial charge in [-0.05, 0) is 24.6 Å². The van der Waals surface area contributed by atoms with Crippen molar-refractivity contribution < 1.29 is 9.53 Å². The number of aromatic nitrogens is 2. The maximum Gasteiger partial charge on any atom is 0.260 e. The predicted molar refractivity (Wildman–Crippen MR) is 104 cm³/mol. The van der Waals surface area contributed by atoms with E-state index in [4.69, 9.17) is 4.74 Å². The van der Waals surface area contributed by atoms with Gasteiger partial charge in [-0.2, -0.15) is 0 Å². The van der Waals surface area contributed by atoms with Gasteiger partial charge in [-0.25, -0.2) is 4.98 Å². The lowest BCUT2D eigenvalue weighted by atomic mass is 10.2. The number of imidazole rings is 1. The van der Waals surface area contributed by atoms with Gasteiger partial charge in [-0.3, -0.25) is 9.69 Å². The molecule has 3 aromatic rings. The van der Waals surface area contributed by atoms with E-state index in [1.54, 1.807) is 0 Å². The number of hydrogen-bond donors (Lipinski definition) is 0. The smallest absolute Gasteiger partial charge is 0.260 e. The van der Waals surface area contributed by atoms with Crippen LogP contribution in [0, 0.1) is 6.92 Å². The molecule has 1 aromatic carbocycles. The Bertz CT molecular complexity index is 914. The van der Waals surface area contributed by atoms with Crippen molar-refractivity contribution in [3.63, 3.8) is 0 Å². The molecule has 0 N–H and O–H groups in total. The van der Waals surface area contributed by atoms with Crippen molar-refractivity contribution in [1.29, 1.82) is 0 Å². The topological polar surface area (TPSA) is 50.1 Å². The third kappa shape index (κ3) is 4.11. The first-order valence-corrected chi connectivity index (χ1v) is 9.30. The largest absolute Gasteiger partial charge is 0.480 e. The van der Waals surface area contributed by atoms with Gasteiger partial charge in [0.15, 0.2) is 18.0 Å². The summed E-state index contributed by atoms with van der Waals surface area (Å²) in [5.74, 6) is 0.668. The molecule has 0 radical (unpaired) electrons. The summed E-state index contributed by atoms with van der Waals surface area (Å²) in [6, 6.07) is 14.2. The van der Waals surface area contributed by atoms with Crippen molar-refractivity contribution in [3.8, 4) is 5.75 Å². The van der Waals surface area contributed by atoms with Crippen LogP contribution in [0.15, 0.2) is 54.9 Å². The summed E-state index contributed by atoms with van der Waals surface area (Å²) in [6.07, 6.45) is 3.87. The zero-order valence-corrected chi connectivity index (χ0v) is 15.5. The zero-order valence-electron chi connectivity index (χ0n) is 15.5. The Morgan fingerprint density at radius 1 is 1.07 bits per heavy atom. The highest BCUT2D eigenvalue weighted by molar-refractivity contribution is 5.78. The molecule has 0 unspecified atom stereocenters. The van der Waals surface area contributed by atoms with Gasteiger partial charge in [-0.1, -0.05) is 30.3 Å². The molecular weight excluding hydrogens is 340 g/mol. The normalized spacial score (nSPS) is 15.2. The van der Waals surface area contributed by atoms with Crippen LogP contribution in [0.4, 0.5) is 0 Å². The molecule has 1 aliphatic rings. The van der Waals surface area contributed by atoms with Crippen molar-refractivity contribution >= 4 is 11.6 Å². The van der Waals surface area contributed by atoms with E-state index in [2.05, 4.69) is 34.1 Å². The van der Waals surface area contributed by atoms with Gasteiger partial charge in [0.2, 0.25) is 0 Å². The average Bonchev–Trinajstić information content (AvgIpc) is 3.08. The van der Waals surface area contributed by atoms with E-state index in [-0.39, 0.29) is 12.5 Å². The molecule has 6 heteroatoms. The molecule has 27 heavy (non-hydrogen) atoms. The summed E-state index contributed by atoms with van der Waals surface area (Å²) >= 11 is 0. The second kappa shape index (κ2) is 7.80. The van der Waals surface area contributed by atoms with Crippen LogP contribution in [-0.2, 0) is 11.3 Å². The lowest BCUT2D eigenvalue weighted by Gasteiger charge is -2.34. The van der Waals surface area contributed by atoms with Gasteiger partial charge in [0.1, 0.15) is 0 Å². The zero-order chi connectivity index (χ0) is 18.6. The Morgan fingerprint density at radius 3 is 2.63 bits per heavy atom. The van der Waals surface area contributed by atoms with Crippen LogP contribution in [0.1, 0.15) is 11.3 Å². The van der Waals surface area contributed by atoms with E-state index in [1.165, 1.54) is 5.56 Å². The van der Waals surface area contributed by atoms with Gasteiger partial charge < -0.3 is 14.0 Å². The number of carbonyl (C=O) groups excluding carboxylic acids is 1. The van der Waals surface area contributed by atoms with E-state index in [0.29, 0.717) is 5.75 Å². The lowest BCUT2D eigenvalue weighted by Crippen LogP contribution is -2.49. The van der Waals surface area contributed by atoms with Gasteiger partial charge in [-0.15, -0.1) is 0 Å². The fraction of sp³-hybridized carbons (Fsp3) is 0.333. The molecular formula is C21H24N4O2. The second-order valence-electron chi connectivity index (χ2n) is 6.92. The Kier molecular flexibility index (Phi) is 5.07. The highest BCUT2D eigenvalue weighted by atomic mass is 16.5. The molecule has 4 rings (SSSR count). The summed E-state index contributed by atoms with van der Waals surface area (Å²) < 4.78 is 7.70. The number of nitrogens with zero attached hydrogens (tertiary/aromatic N) is 4. The summed E-state index contributed by atoms with van der Waals surface area (Å²) in [5, 5.41) is 0. The number of pyridine rings is 1. The van der Waals surface area contributed by atoms with Gasteiger partial charge in [0, 0.05) is 45.1 Å². The summed E-state index contributed by atoms with van der Waals surface area (Å²) in [7, 11) is 0. The maximum absolute atomic E-state index is 12.5. The minimum absolute atomic E-state index is 0.0274. The van der Waals surface area contributed by atoms with Crippen molar-refractivity contribution in [2.75, 3.05) is 32.8 Å². The van der Waals surface area contributed by atoms with Crippen molar-refractivity contribution in [2.24, 2.45) is 0 Å². The summed E-state index contributed by atoms with van der Waals surface area (Å²) in [4.78, 5) is 21.3. The molecule has 0 aliphatic carbocycles. The van der Waals surface area contributed by atoms with Crippen LogP contribution >= 0.6 is 0 Å². The third-order valence-electron chi connectivity index (χ3n) is 4.89. The molecule has 2 aromatic heterocycles. The highest BCUT2D eigenvalue weighted by Crippen LogP contribution is 2.19. The molecule has 6 nitrogen and oxygen atoms in total. The maximum atomic E-state index is 12.5. The number of piperazine rings is 1. The summed E-state index contributed by atoms with van der Waals surface area (Å²) in [6.45, 7) is 6.16. The van der Waals surface area contributed by atoms with Crippen molar-refractivity contribution in [2.45, 2.75) is 13.5 Å². The SMILES string of the molecule is Cc1cn2cccc(OCC(=O)N3CCN(Cc4ccccc4)CC3)c2n1. The Hall–Kier alpha value is -2.86. The van der Waals surface area contributed by atoms with Crippen LogP contribution in [-0.4, -0.2) is 57.9 Å². The number of ether oxygens (including phenoxy) is 1. The standard InChI is InChI=1S/C21H24N4O2/c1-17-14-25-9-5-8-19(21(25)22-17)27-16-20(26)24-12-10-23(11-13-24)15-18-6-3-2-4-7-18/h2-9,14H,10-13,15-16H2,1H3. The van der Waals surface area contributed by atoms with Crippen LogP contribution < -0.4 is 4.74 Å². The fourth-order valence-electron chi connectivity index (χ4n) is 3.45. The number of hydrogen-bond acceptors (Lipinski definition) is 4. The minimum atomic E-state index is 0.0274. The van der Waals surface area contributed by atoms with Gasteiger partial charge in [0.05, 0.1) is 5.69 Å². The quantitative estimate of drug-likeness (QED) is 0.697. The number of fused-ring (bicyclic) bond motifs is 1. The van der Waals surface area contributed by atoms with E-state index in [0.717, 1.165) is 44.1 Å². The Morgan fingerprint density at radius 2 is 1.85 bits per heavy atom. The van der Waals surface area contributed by atoms with E-state index < -0.39 is 0 Å². The van der Waals surface area contributed by atoms with Gasteiger partial charge >= 0.3 is 0 Å². The van der Waals surface area contributed by atoms with E-state index in [1.807, 2.05) is 46.8 Å². The predicted octanol–water partition coefficient (Wildman–Crippen LogP) is 2.37. The number of benzene rings is 1. The minimum Gasteiger partial charge on any atom is -0.480 e. The fourth-order valence-corrected chi connectivity index (χ4v) is 3.45. The number of rotatable bonds is 5. The molecule has 1 fully saturated rings. The Labute approximate surface area is 159 Å². The van der Waals surface area contributed by atoms with Crippen LogP contribution in [0.25, 0.3) is 5.65 Å². The molecule has 1 amide bonds. The molecule has 0 spiro atoms. The van der Waals surface area contributed by atoms with Crippen LogP contribution in [0.5, 0.6) is 5.75 Å². The third-order valence-corrected chi connectivity index (χ3v) is 4.89. The first-order chi connectivity index (χ1) is 13.2. The molecule has 0 saturated carbocycles. The van der Waals surface area contributed by atoms with Crippen LogP contribution in [0.3, 0.4) is 0 Å². The molecule has 0 bridgehead atoms. The van der Waals surface area contributed by atoms with Crippen molar-refractivity contribution in [3.05, 3.63) is 66.1 Å².